The first-order valence-corrected chi connectivity index (χ1v) is 8.40. The zero-order chi connectivity index (χ0) is 18.4. The van der Waals surface area contributed by atoms with Crippen molar-refractivity contribution in [2.45, 2.75) is 11.1 Å². The predicted molar refractivity (Wildman–Crippen MR) is 82.1 cm³/mol. The summed E-state index contributed by atoms with van der Waals surface area (Å²) in [7, 11) is -2.27. The highest BCUT2D eigenvalue weighted by molar-refractivity contribution is 7.89. The summed E-state index contributed by atoms with van der Waals surface area (Å²) in [6, 6.07) is 6.62. The van der Waals surface area contributed by atoms with Gasteiger partial charge in [0.25, 0.3) is 0 Å². The number of rotatable bonds is 3. The fraction of sp³-hybridized carbons (Fsp3) is 0.143. The summed E-state index contributed by atoms with van der Waals surface area (Å²) in [6.07, 6.45) is -2.23. The highest BCUT2D eigenvalue weighted by Gasteiger charge is 2.35. The van der Waals surface area contributed by atoms with Crippen LogP contribution in [0.15, 0.2) is 47.6 Å². The number of hydrogen-bond donors (Lipinski definition) is 1. The number of nitrogens with zero attached hydrogens (tertiary/aromatic N) is 4. The summed E-state index contributed by atoms with van der Waals surface area (Å²) in [5.41, 5.74) is -0.548. The topological polar surface area (TPSA) is 95.8 Å². The summed E-state index contributed by atoms with van der Waals surface area (Å²) in [6.45, 7) is 0. The van der Waals surface area contributed by atoms with Crippen LogP contribution in [0.25, 0.3) is 17.2 Å². The van der Waals surface area contributed by atoms with Gasteiger partial charge in [0, 0.05) is 25.1 Å². The minimum absolute atomic E-state index is 0.0173. The number of aromatic nitrogens is 4. The van der Waals surface area contributed by atoms with Crippen molar-refractivity contribution in [2.24, 2.45) is 12.2 Å². The minimum atomic E-state index is -4.63. The number of aryl methyl sites for hydroxylation is 1. The highest BCUT2D eigenvalue weighted by atomic mass is 32.2. The van der Waals surface area contributed by atoms with Gasteiger partial charge in [0.15, 0.2) is 11.5 Å². The smallest absolute Gasteiger partial charge is 0.298 e. The van der Waals surface area contributed by atoms with E-state index in [1.807, 2.05) is 0 Å². The Morgan fingerprint density at radius 1 is 1.12 bits per heavy atom. The lowest BCUT2D eigenvalue weighted by molar-refractivity contribution is -0.140. The molecule has 11 heteroatoms. The molecular weight excluding hydrogens is 359 g/mol. The van der Waals surface area contributed by atoms with Gasteiger partial charge in [-0.15, -0.1) is 0 Å². The molecule has 0 bridgehead atoms. The van der Waals surface area contributed by atoms with E-state index in [0.29, 0.717) is 0 Å². The van der Waals surface area contributed by atoms with Crippen LogP contribution in [0.2, 0.25) is 0 Å². The molecule has 1 aromatic carbocycles. The Bertz CT molecular complexity index is 1020. The Balaban J connectivity index is 2.16. The summed E-state index contributed by atoms with van der Waals surface area (Å²) >= 11 is 0. The molecule has 2 heterocycles. The molecular formula is C14H12F3N5O2S. The zero-order valence-corrected chi connectivity index (χ0v) is 13.6. The van der Waals surface area contributed by atoms with Crippen LogP contribution in [0, 0.1) is 0 Å². The average Bonchev–Trinajstić information content (AvgIpc) is 3.12. The Morgan fingerprint density at radius 2 is 1.76 bits per heavy atom. The van der Waals surface area contributed by atoms with Gasteiger partial charge in [-0.3, -0.25) is 9.25 Å². The monoisotopic (exact) mass is 371 g/mol. The van der Waals surface area contributed by atoms with Crippen molar-refractivity contribution in [3.05, 3.63) is 48.4 Å². The largest absolute Gasteiger partial charge is 0.434 e. The van der Waals surface area contributed by atoms with Crippen molar-refractivity contribution >= 4 is 10.0 Å². The number of benzene rings is 1. The fourth-order valence-corrected chi connectivity index (χ4v) is 2.74. The predicted octanol–water partition coefficient (Wildman–Crippen LogP) is 1.94. The zero-order valence-electron chi connectivity index (χ0n) is 12.8. The molecule has 0 aliphatic carbocycles. The van der Waals surface area contributed by atoms with Crippen LogP contribution >= 0.6 is 0 Å². The molecule has 0 saturated carbocycles. The van der Waals surface area contributed by atoms with Crippen LogP contribution in [-0.4, -0.2) is 27.7 Å². The molecule has 2 N–H and O–H groups in total. The highest BCUT2D eigenvalue weighted by Crippen LogP contribution is 2.32. The molecule has 0 amide bonds. The number of imidazole rings is 1. The van der Waals surface area contributed by atoms with Gasteiger partial charge in [0.2, 0.25) is 10.0 Å². The van der Waals surface area contributed by atoms with Crippen LogP contribution < -0.4 is 5.14 Å². The second kappa shape index (κ2) is 5.70. The number of hydrogen-bond acceptors (Lipinski definition) is 4. The Kier molecular flexibility index (Phi) is 3.92. The van der Waals surface area contributed by atoms with E-state index >= 15 is 0 Å². The van der Waals surface area contributed by atoms with E-state index in [1.165, 1.54) is 39.6 Å². The van der Waals surface area contributed by atoms with Gasteiger partial charge in [0.1, 0.15) is 5.69 Å². The van der Waals surface area contributed by atoms with E-state index in [0.717, 1.165) is 6.20 Å². The van der Waals surface area contributed by atoms with E-state index in [-0.39, 0.29) is 22.1 Å². The van der Waals surface area contributed by atoms with E-state index in [2.05, 4.69) is 10.1 Å². The molecule has 3 aromatic rings. The van der Waals surface area contributed by atoms with E-state index in [1.54, 1.807) is 13.2 Å². The summed E-state index contributed by atoms with van der Waals surface area (Å²) in [5.74, 6) is -0.0173. The van der Waals surface area contributed by atoms with Crippen molar-refractivity contribution < 1.29 is 21.6 Å². The first kappa shape index (κ1) is 17.2. The maximum absolute atomic E-state index is 13.0. The van der Waals surface area contributed by atoms with Crippen molar-refractivity contribution in [3.8, 4) is 17.2 Å². The molecule has 7 nitrogen and oxygen atoms in total. The summed E-state index contributed by atoms with van der Waals surface area (Å²) in [5, 5.41) is 9.09. The maximum atomic E-state index is 13.0. The molecule has 3 rings (SSSR count). The van der Waals surface area contributed by atoms with Crippen LogP contribution in [0.5, 0.6) is 0 Å². The number of sulfonamides is 1. The second-order valence-electron chi connectivity index (χ2n) is 5.23. The third-order valence-electron chi connectivity index (χ3n) is 3.38. The molecule has 132 valence electrons. The SMILES string of the molecule is Cn1ccc(-c2nc(C(F)(F)F)cn2-c2ccc(S(N)(=O)=O)cc2)n1. The Hall–Kier alpha value is -2.66. The number of halogens is 3. The van der Waals surface area contributed by atoms with Gasteiger partial charge >= 0.3 is 6.18 Å². The van der Waals surface area contributed by atoms with Crippen LogP contribution in [0.4, 0.5) is 13.2 Å². The van der Waals surface area contributed by atoms with E-state index in [4.69, 9.17) is 5.14 Å². The molecule has 0 spiro atoms. The lowest BCUT2D eigenvalue weighted by atomic mass is 10.3. The second-order valence-corrected chi connectivity index (χ2v) is 6.79. The summed E-state index contributed by atoms with van der Waals surface area (Å²) < 4.78 is 64.4. The fourth-order valence-electron chi connectivity index (χ4n) is 2.23. The summed E-state index contributed by atoms with van der Waals surface area (Å²) in [4.78, 5) is 3.49. The normalized spacial score (nSPS) is 12.5. The molecule has 0 radical (unpaired) electrons. The van der Waals surface area contributed by atoms with Gasteiger partial charge in [-0.2, -0.15) is 18.3 Å². The molecule has 0 aliphatic rings. The Labute approximate surface area is 140 Å². The maximum Gasteiger partial charge on any atom is 0.434 e. The van der Waals surface area contributed by atoms with Crippen LogP contribution in [0.3, 0.4) is 0 Å². The third kappa shape index (κ3) is 3.42. The Morgan fingerprint density at radius 3 is 2.24 bits per heavy atom. The van der Waals surface area contributed by atoms with Crippen molar-refractivity contribution in [1.29, 1.82) is 0 Å². The number of primary sulfonamides is 1. The van der Waals surface area contributed by atoms with Crippen molar-refractivity contribution in [1.82, 2.24) is 19.3 Å². The number of nitrogens with two attached hydrogens (primary N) is 1. The third-order valence-corrected chi connectivity index (χ3v) is 4.31. The van der Waals surface area contributed by atoms with Gasteiger partial charge in [-0.25, -0.2) is 18.5 Å². The molecule has 0 aliphatic heterocycles. The first-order valence-electron chi connectivity index (χ1n) is 6.85. The van der Waals surface area contributed by atoms with Crippen LogP contribution in [-0.2, 0) is 23.2 Å². The molecule has 0 unspecified atom stereocenters. The van der Waals surface area contributed by atoms with Crippen molar-refractivity contribution in [2.75, 3.05) is 0 Å². The lowest BCUT2D eigenvalue weighted by Crippen LogP contribution is -2.12. The van der Waals surface area contributed by atoms with Crippen molar-refractivity contribution in [3.63, 3.8) is 0 Å². The molecule has 25 heavy (non-hydrogen) atoms. The average molecular weight is 371 g/mol. The van der Waals surface area contributed by atoms with E-state index in [9.17, 15) is 21.6 Å². The number of alkyl halides is 3. The van der Waals surface area contributed by atoms with Gasteiger partial charge in [0.05, 0.1) is 4.90 Å². The van der Waals surface area contributed by atoms with Gasteiger partial charge < -0.3 is 0 Å². The van der Waals surface area contributed by atoms with E-state index < -0.39 is 21.9 Å². The quantitative estimate of drug-likeness (QED) is 0.761. The molecule has 0 atom stereocenters. The van der Waals surface area contributed by atoms with Crippen LogP contribution in [0.1, 0.15) is 5.69 Å². The van der Waals surface area contributed by atoms with Gasteiger partial charge in [-0.1, -0.05) is 0 Å². The molecule has 0 fully saturated rings. The minimum Gasteiger partial charge on any atom is -0.298 e. The molecule has 0 saturated heterocycles. The lowest BCUT2D eigenvalue weighted by Gasteiger charge is -2.07. The standard InChI is InChI=1S/C14H12F3N5O2S/c1-21-7-6-11(20-21)13-19-12(14(15,16)17)8-22(13)9-2-4-10(5-3-9)25(18,23)24/h2-8H,1H3,(H2,18,23,24). The van der Waals surface area contributed by atoms with Gasteiger partial charge in [-0.05, 0) is 30.3 Å². The molecule has 2 aromatic heterocycles. The first-order chi connectivity index (χ1) is 11.6.